The Kier molecular flexibility index (Phi) is 4.72. The quantitative estimate of drug-likeness (QED) is 0.724. The number of nitrogens with one attached hydrogen (secondary N) is 1. The van der Waals surface area contributed by atoms with Crippen LogP contribution in [0.1, 0.15) is 4.88 Å². The highest BCUT2D eigenvalue weighted by Crippen LogP contribution is 2.24. The third-order valence-corrected chi connectivity index (χ3v) is 3.97. The highest BCUT2D eigenvalue weighted by Gasteiger charge is 2.03. The van der Waals surface area contributed by atoms with E-state index >= 15 is 0 Å². The summed E-state index contributed by atoms with van der Waals surface area (Å²) in [6, 6.07) is 10.8. The molecule has 112 valence electrons. The van der Waals surface area contributed by atoms with Crippen molar-refractivity contribution >= 4 is 40.2 Å². The monoisotopic (exact) mass is 352 g/mol. The van der Waals surface area contributed by atoms with Crippen molar-refractivity contribution < 1.29 is 4.74 Å². The maximum absolute atomic E-state index is 5.81. The molecule has 0 unspecified atom stereocenters. The summed E-state index contributed by atoms with van der Waals surface area (Å²) in [7, 11) is 0. The van der Waals surface area contributed by atoms with Crippen molar-refractivity contribution in [3.8, 4) is 11.6 Å². The standard InChI is InChI=1S/C14H10Cl2N4OS/c15-12-4-5-13(20-19-12)21-10-3-1-2-9(6-10)17-7-11-8-18-14(16)22-11/h1-6,8,17H,7H2. The molecule has 3 rings (SSSR count). The zero-order chi connectivity index (χ0) is 15.4. The van der Waals surface area contributed by atoms with Crippen LogP contribution in [0.15, 0.2) is 42.6 Å². The number of anilines is 1. The van der Waals surface area contributed by atoms with E-state index in [0.717, 1.165) is 10.6 Å². The van der Waals surface area contributed by atoms with E-state index in [-0.39, 0.29) is 0 Å². The molecule has 0 bridgehead atoms. The molecule has 2 aromatic heterocycles. The summed E-state index contributed by atoms with van der Waals surface area (Å²) in [6.45, 7) is 0.647. The second-order valence-corrected chi connectivity index (χ2v) is 6.34. The molecule has 5 nitrogen and oxygen atoms in total. The summed E-state index contributed by atoms with van der Waals surface area (Å²) >= 11 is 12.9. The fourth-order valence-electron chi connectivity index (χ4n) is 1.70. The van der Waals surface area contributed by atoms with Crippen LogP contribution in [0.25, 0.3) is 0 Å². The van der Waals surface area contributed by atoms with Crippen LogP contribution < -0.4 is 10.1 Å². The molecule has 0 amide bonds. The van der Waals surface area contributed by atoms with Crippen LogP contribution in [-0.4, -0.2) is 15.2 Å². The summed E-state index contributed by atoms with van der Waals surface area (Å²) in [5, 5.41) is 11.2. The van der Waals surface area contributed by atoms with Gasteiger partial charge in [-0.2, -0.15) is 0 Å². The Labute approximate surface area is 140 Å². The van der Waals surface area contributed by atoms with Gasteiger partial charge in [-0.05, 0) is 18.2 Å². The molecule has 0 aliphatic heterocycles. The lowest BCUT2D eigenvalue weighted by Crippen LogP contribution is -1.97. The second-order valence-electron chi connectivity index (χ2n) is 4.26. The van der Waals surface area contributed by atoms with Gasteiger partial charge >= 0.3 is 0 Å². The number of rotatable bonds is 5. The molecular weight excluding hydrogens is 343 g/mol. The van der Waals surface area contributed by atoms with E-state index in [2.05, 4.69) is 20.5 Å². The summed E-state index contributed by atoms with van der Waals surface area (Å²) in [5.74, 6) is 1.04. The number of halogens is 2. The third kappa shape index (κ3) is 4.07. The largest absolute Gasteiger partial charge is 0.437 e. The maximum atomic E-state index is 5.81. The Morgan fingerprint density at radius 3 is 2.77 bits per heavy atom. The predicted octanol–water partition coefficient (Wildman–Crippen LogP) is 4.64. The molecule has 0 radical (unpaired) electrons. The number of hydrogen-bond donors (Lipinski definition) is 1. The van der Waals surface area contributed by atoms with E-state index < -0.39 is 0 Å². The Hall–Kier alpha value is -1.89. The molecule has 0 spiro atoms. The third-order valence-electron chi connectivity index (χ3n) is 2.66. The Bertz CT molecular complexity index is 764. The normalized spacial score (nSPS) is 10.5. The first-order valence-electron chi connectivity index (χ1n) is 6.30. The summed E-state index contributed by atoms with van der Waals surface area (Å²) in [5.41, 5.74) is 0.920. The molecule has 8 heteroatoms. The van der Waals surface area contributed by atoms with Gasteiger partial charge in [0.25, 0.3) is 0 Å². The Balaban J connectivity index is 1.65. The first kappa shape index (κ1) is 15.0. The molecule has 0 atom stereocenters. The van der Waals surface area contributed by atoms with Crippen molar-refractivity contribution in [1.82, 2.24) is 15.2 Å². The zero-order valence-electron chi connectivity index (χ0n) is 11.2. The Morgan fingerprint density at radius 2 is 2.05 bits per heavy atom. The topological polar surface area (TPSA) is 59.9 Å². The van der Waals surface area contributed by atoms with Gasteiger partial charge in [0, 0.05) is 28.9 Å². The van der Waals surface area contributed by atoms with Gasteiger partial charge in [0.2, 0.25) is 5.88 Å². The molecule has 0 fully saturated rings. The summed E-state index contributed by atoms with van der Waals surface area (Å²) in [4.78, 5) is 5.06. The van der Waals surface area contributed by atoms with Gasteiger partial charge in [-0.25, -0.2) is 4.98 Å². The number of thiazole rings is 1. The molecule has 0 aliphatic rings. The van der Waals surface area contributed by atoms with Crippen LogP contribution >= 0.6 is 34.5 Å². The average molecular weight is 353 g/mol. The minimum Gasteiger partial charge on any atom is -0.437 e. The predicted molar refractivity (Wildman–Crippen MR) is 88.0 cm³/mol. The molecule has 1 N–H and O–H groups in total. The molecule has 0 saturated heterocycles. The van der Waals surface area contributed by atoms with E-state index in [4.69, 9.17) is 27.9 Å². The average Bonchev–Trinajstić information content (AvgIpc) is 2.94. The van der Waals surface area contributed by atoms with Crippen molar-refractivity contribution in [2.75, 3.05) is 5.32 Å². The van der Waals surface area contributed by atoms with Crippen molar-refractivity contribution in [3.05, 3.63) is 57.1 Å². The van der Waals surface area contributed by atoms with Crippen LogP contribution in [0, 0.1) is 0 Å². The van der Waals surface area contributed by atoms with Crippen molar-refractivity contribution in [3.63, 3.8) is 0 Å². The summed E-state index contributed by atoms with van der Waals surface area (Å²) in [6.07, 6.45) is 1.75. The van der Waals surface area contributed by atoms with Crippen LogP contribution in [-0.2, 0) is 6.54 Å². The van der Waals surface area contributed by atoms with Gasteiger partial charge in [-0.15, -0.1) is 21.5 Å². The van der Waals surface area contributed by atoms with E-state index in [1.54, 1.807) is 18.3 Å². The number of benzene rings is 1. The van der Waals surface area contributed by atoms with E-state index in [1.165, 1.54) is 11.3 Å². The van der Waals surface area contributed by atoms with Gasteiger partial charge in [0.1, 0.15) is 5.75 Å². The molecule has 0 aliphatic carbocycles. The maximum Gasteiger partial charge on any atom is 0.238 e. The van der Waals surface area contributed by atoms with Crippen molar-refractivity contribution in [2.24, 2.45) is 0 Å². The fraction of sp³-hybridized carbons (Fsp3) is 0.0714. The number of nitrogens with zero attached hydrogens (tertiary/aromatic N) is 3. The molecule has 1 aromatic carbocycles. The first-order chi connectivity index (χ1) is 10.7. The molecule has 0 saturated carbocycles. The van der Waals surface area contributed by atoms with E-state index in [1.807, 2.05) is 24.3 Å². The van der Waals surface area contributed by atoms with Gasteiger partial charge in [0.05, 0.1) is 6.54 Å². The van der Waals surface area contributed by atoms with Gasteiger partial charge < -0.3 is 10.1 Å². The van der Waals surface area contributed by atoms with Gasteiger partial charge in [-0.3, -0.25) is 0 Å². The SMILES string of the molecule is Clc1ccc(Oc2cccc(NCc3cnc(Cl)s3)c2)nn1. The molecular formula is C14H10Cl2N4OS. The number of aromatic nitrogens is 3. The summed E-state index contributed by atoms with van der Waals surface area (Å²) < 4.78 is 6.16. The Morgan fingerprint density at radius 1 is 1.14 bits per heavy atom. The van der Waals surface area contributed by atoms with Crippen LogP contribution in [0.4, 0.5) is 5.69 Å². The molecule has 22 heavy (non-hydrogen) atoms. The zero-order valence-corrected chi connectivity index (χ0v) is 13.5. The van der Waals surface area contributed by atoms with E-state index in [0.29, 0.717) is 27.8 Å². The smallest absolute Gasteiger partial charge is 0.238 e. The lowest BCUT2D eigenvalue weighted by atomic mass is 10.3. The van der Waals surface area contributed by atoms with Crippen molar-refractivity contribution in [2.45, 2.75) is 6.54 Å². The highest BCUT2D eigenvalue weighted by atomic mass is 35.5. The lowest BCUT2D eigenvalue weighted by molar-refractivity contribution is 0.455. The van der Waals surface area contributed by atoms with Gasteiger partial charge in [-0.1, -0.05) is 29.3 Å². The molecule has 3 aromatic rings. The number of ether oxygens (including phenoxy) is 1. The minimum absolute atomic E-state index is 0.325. The number of hydrogen-bond acceptors (Lipinski definition) is 6. The lowest BCUT2D eigenvalue weighted by Gasteiger charge is -2.08. The second kappa shape index (κ2) is 6.91. The van der Waals surface area contributed by atoms with Crippen LogP contribution in [0.5, 0.6) is 11.6 Å². The first-order valence-corrected chi connectivity index (χ1v) is 7.87. The van der Waals surface area contributed by atoms with Crippen molar-refractivity contribution in [1.29, 1.82) is 0 Å². The van der Waals surface area contributed by atoms with E-state index in [9.17, 15) is 0 Å². The molecule has 2 heterocycles. The van der Waals surface area contributed by atoms with Gasteiger partial charge in [0.15, 0.2) is 9.62 Å². The minimum atomic E-state index is 0.325. The fourth-order valence-corrected chi connectivity index (χ4v) is 2.72. The highest BCUT2D eigenvalue weighted by molar-refractivity contribution is 7.15. The van der Waals surface area contributed by atoms with Crippen LogP contribution in [0.3, 0.4) is 0 Å². The van der Waals surface area contributed by atoms with Crippen LogP contribution in [0.2, 0.25) is 9.62 Å².